The first-order valence-corrected chi connectivity index (χ1v) is 13.9. The number of carbonyl (C=O) groups excluding carboxylic acids is 2. The summed E-state index contributed by atoms with van der Waals surface area (Å²) in [6.07, 6.45) is 18.6. The number of carbonyl (C=O) groups is 2. The summed E-state index contributed by atoms with van der Waals surface area (Å²) in [7, 11) is 0. The maximum atomic E-state index is 9.41. The monoisotopic (exact) mass is 460 g/mol. The fourth-order valence-corrected chi connectivity index (χ4v) is 5.89. The second-order valence-electron chi connectivity index (χ2n) is 6.26. The predicted octanol–water partition coefficient (Wildman–Crippen LogP) is 3.29. The summed E-state index contributed by atoms with van der Waals surface area (Å²) in [5, 5.41) is 18.8. The van der Waals surface area contributed by atoms with Gasteiger partial charge in [-0.25, -0.2) is 0 Å². The molecule has 0 fully saturated rings. The van der Waals surface area contributed by atoms with Crippen LogP contribution in [0, 0.1) is 0 Å². The molecule has 0 aromatic carbocycles. The molecule has 25 heavy (non-hydrogen) atoms. The molecule has 0 bridgehead atoms. The van der Waals surface area contributed by atoms with Crippen LogP contribution < -0.4 is 10.2 Å². The van der Waals surface area contributed by atoms with Gasteiger partial charge in [0, 0.05) is 0 Å². The van der Waals surface area contributed by atoms with Gasteiger partial charge in [0.2, 0.25) is 0 Å². The van der Waals surface area contributed by atoms with Crippen molar-refractivity contribution in [3.8, 4) is 0 Å². The van der Waals surface area contributed by atoms with Crippen LogP contribution in [0.15, 0.2) is 12.2 Å². The molecule has 0 amide bonds. The molecule has 0 unspecified atom stereocenters. The number of hydrogen-bond acceptors (Lipinski definition) is 4. The maximum Gasteiger partial charge on any atom is 0.0643 e. The number of carboxylic acid groups (broad SMARTS) is 2. The zero-order valence-corrected chi connectivity index (χ0v) is 19.0. The topological polar surface area (TPSA) is 80.3 Å². The SMILES string of the molecule is CCCCCCC[CH2][Sn+2][CH2]CCCCCCC.O=C([O-])/C=C/C(=O)[O-]. The Kier molecular flexibility index (Phi) is 25.1. The predicted molar refractivity (Wildman–Crippen MR) is 101 cm³/mol. The third-order valence-electron chi connectivity index (χ3n) is 3.77. The van der Waals surface area contributed by atoms with Gasteiger partial charge in [0.15, 0.2) is 0 Å². The third kappa shape index (κ3) is 31.7. The normalized spacial score (nSPS) is 10.2. The molecule has 0 radical (unpaired) electrons. The Morgan fingerprint density at radius 2 is 0.960 bits per heavy atom. The van der Waals surface area contributed by atoms with Gasteiger partial charge in [-0.3, -0.25) is 0 Å². The van der Waals surface area contributed by atoms with Crippen LogP contribution in [0.25, 0.3) is 0 Å². The van der Waals surface area contributed by atoms with Gasteiger partial charge in [-0.2, -0.15) is 0 Å². The number of unbranched alkanes of at least 4 members (excludes halogenated alkanes) is 10. The Labute approximate surface area is 164 Å². The second kappa shape index (κ2) is 23.5. The van der Waals surface area contributed by atoms with Gasteiger partial charge in [-0.05, 0) is 12.2 Å². The molecule has 5 heteroatoms. The Balaban J connectivity index is 0. The van der Waals surface area contributed by atoms with E-state index in [1.165, 1.54) is 64.2 Å². The third-order valence-corrected chi connectivity index (χ3v) is 7.81. The molecule has 144 valence electrons. The molecule has 0 aromatic heterocycles. The summed E-state index contributed by atoms with van der Waals surface area (Å²) in [6, 6.07) is 0. The molecular weight excluding hydrogens is 423 g/mol. The smallest absolute Gasteiger partial charge is 0.0643 e. The van der Waals surface area contributed by atoms with Gasteiger partial charge in [0.25, 0.3) is 0 Å². The fourth-order valence-electron chi connectivity index (χ4n) is 2.32. The molecule has 0 saturated heterocycles. The van der Waals surface area contributed by atoms with Crippen LogP contribution in [0.4, 0.5) is 0 Å². The van der Waals surface area contributed by atoms with E-state index < -0.39 is 11.9 Å². The first-order chi connectivity index (χ1) is 12.0. The van der Waals surface area contributed by atoms with E-state index in [9.17, 15) is 19.8 Å². The Morgan fingerprint density at radius 1 is 0.640 bits per heavy atom. The first-order valence-electron chi connectivity index (χ1n) is 9.85. The van der Waals surface area contributed by atoms with Crippen LogP contribution in [0.1, 0.15) is 90.9 Å². The van der Waals surface area contributed by atoms with Gasteiger partial charge in [0.1, 0.15) is 0 Å². The van der Waals surface area contributed by atoms with E-state index in [0.717, 1.165) is 0 Å². The summed E-state index contributed by atoms with van der Waals surface area (Å²) >= 11 is 0.0736. The summed E-state index contributed by atoms with van der Waals surface area (Å²) in [6.45, 7) is 4.60. The van der Waals surface area contributed by atoms with E-state index in [0.29, 0.717) is 12.2 Å². The van der Waals surface area contributed by atoms with E-state index in [1.54, 1.807) is 21.7 Å². The molecule has 0 rings (SSSR count). The molecule has 0 saturated carbocycles. The van der Waals surface area contributed by atoms with Crippen molar-refractivity contribution < 1.29 is 19.8 Å². The molecule has 0 atom stereocenters. The van der Waals surface area contributed by atoms with Gasteiger partial charge >= 0.3 is 121 Å². The van der Waals surface area contributed by atoms with Crippen molar-refractivity contribution in [1.29, 1.82) is 0 Å². The second-order valence-corrected chi connectivity index (χ2v) is 10.5. The Bertz CT molecular complexity index is 300. The number of aliphatic carboxylic acids is 2. The van der Waals surface area contributed by atoms with E-state index >= 15 is 0 Å². The minimum Gasteiger partial charge on any atom is -0.545 e. The standard InChI is InChI=1S/2C8H17.C4H4O4.Sn/c2*1-3-5-7-8-6-4-2;5-3(6)1-2-4(7)8;/h2*1,3-8H2,2H3;1-2H,(H,5,6)(H,7,8);/q;;;+2/p-2/b;;2-1+;. The number of hydrogen-bond donors (Lipinski definition) is 0. The van der Waals surface area contributed by atoms with Crippen LogP contribution in [-0.2, 0) is 9.59 Å². The van der Waals surface area contributed by atoms with Crippen LogP contribution >= 0.6 is 0 Å². The minimum absolute atomic E-state index is 0.0736. The van der Waals surface area contributed by atoms with Crippen LogP contribution in [0.2, 0.25) is 8.87 Å². The van der Waals surface area contributed by atoms with Gasteiger partial charge < -0.3 is 19.8 Å². The molecule has 0 N–H and O–H groups in total. The molecular formula is C20H36O4Sn. The zero-order chi connectivity index (χ0) is 19.2. The molecule has 0 aliphatic carbocycles. The average Bonchev–Trinajstić information content (AvgIpc) is 2.58. The summed E-state index contributed by atoms with van der Waals surface area (Å²) in [5.41, 5.74) is 0. The largest absolute Gasteiger partial charge is 0.545 e. The zero-order valence-electron chi connectivity index (χ0n) is 16.2. The van der Waals surface area contributed by atoms with Crippen LogP contribution in [0.5, 0.6) is 0 Å². The van der Waals surface area contributed by atoms with E-state index in [-0.39, 0.29) is 21.1 Å². The first kappa shape index (κ1) is 26.7. The molecule has 0 aliphatic rings. The Hall–Kier alpha value is -0.521. The van der Waals surface area contributed by atoms with E-state index in [1.807, 2.05) is 0 Å². The molecule has 0 aliphatic heterocycles. The van der Waals surface area contributed by atoms with Crippen molar-refractivity contribution in [1.82, 2.24) is 0 Å². The summed E-state index contributed by atoms with van der Waals surface area (Å²) in [4.78, 5) is 18.8. The van der Waals surface area contributed by atoms with Crippen molar-refractivity contribution in [3.63, 3.8) is 0 Å². The minimum atomic E-state index is -1.55. The van der Waals surface area contributed by atoms with E-state index in [2.05, 4.69) is 13.8 Å². The van der Waals surface area contributed by atoms with Gasteiger partial charge in [0.05, 0.1) is 11.9 Å². The van der Waals surface area contributed by atoms with Crippen LogP contribution in [-0.4, -0.2) is 33.1 Å². The molecule has 0 heterocycles. The molecule has 0 aromatic rings. The average molecular weight is 459 g/mol. The van der Waals surface area contributed by atoms with Crippen molar-refractivity contribution in [2.75, 3.05) is 0 Å². The molecule has 4 nitrogen and oxygen atoms in total. The van der Waals surface area contributed by atoms with Gasteiger partial charge in [-0.1, -0.05) is 0 Å². The van der Waals surface area contributed by atoms with Gasteiger partial charge in [-0.15, -0.1) is 0 Å². The molecule has 0 spiro atoms. The van der Waals surface area contributed by atoms with Crippen molar-refractivity contribution >= 4 is 33.1 Å². The van der Waals surface area contributed by atoms with Crippen LogP contribution in [0.3, 0.4) is 0 Å². The summed E-state index contributed by atoms with van der Waals surface area (Å²) < 4.78 is 3.31. The van der Waals surface area contributed by atoms with Crippen molar-refractivity contribution in [2.45, 2.75) is 99.8 Å². The van der Waals surface area contributed by atoms with Crippen molar-refractivity contribution in [3.05, 3.63) is 12.2 Å². The maximum absolute atomic E-state index is 9.41. The quantitative estimate of drug-likeness (QED) is 0.202. The summed E-state index contributed by atoms with van der Waals surface area (Å²) in [5.74, 6) is -3.09. The van der Waals surface area contributed by atoms with Crippen molar-refractivity contribution in [2.24, 2.45) is 0 Å². The van der Waals surface area contributed by atoms with E-state index in [4.69, 9.17) is 0 Å². The Morgan fingerprint density at radius 3 is 1.28 bits per heavy atom. The number of carboxylic acids is 2. The fraction of sp³-hybridized carbons (Fsp3) is 0.800. The number of rotatable bonds is 16.